The van der Waals surface area contributed by atoms with E-state index in [1.54, 1.807) is 12.1 Å². The van der Waals surface area contributed by atoms with Gasteiger partial charge in [0.25, 0.3) is 5.91 Å². The second-order valence-electron chi connectivity index (χ2n) is 12.0. The minimum atomic E-state index is -2.93. The number of hydrogen-bond donors (Lipinski definition) is 4. The van der Waals surface area contributed by atoms with Crippen molar-refractivity contribution in [2.75, 3.05) is 11.5 Å². The Morgan fingerprint density at radius 1 is 0.930 bits per heavy atom. The van der Waals surface area contributed by atoms with E-state index < -0.39 is 52.2 Å². The lowest BCUT2D eigenvalue weighted by molar-refractivity contribution is -0.133. The number of carbonyl (C=O) groups excluding carboxylic acids is 2. The van der Waals surface area contributed by atoms with Gasteiger partial charge in [-0.2, -0.15) is 15.9 Å². The zero-order chi connectivity index (χ0) is 30.5. The van der Waals surface area contributed by atoms with Gasteiger partial charge < -0.3 is 19.8 Å². The third-order valence-electron chi connectivity index (χ3n) is 8.71. The van der Waals surface area contributed by atoms with Crippen molar-refractivity contribution in [1.82, 2.24) is 10.6 Å². The second-order valence-corrected chi connectivity index (χ2v) is 14.4. The van der Waals surface area contributed by atoms with Gasteiger partial charge in [0, 0.05) is 42.6 Å². The highest BCUT2D eigenvalue weighted by molar-refractivity contribution is 8.24. The van der Waals surface area contributed by atoms with Crippen molar-refractivity contribution < 1.29 is 36.6 Å². The van der Waals surface area contributed by atoms with Crippen molar-refractivity contribution in [3.63, 3.8) is 0 Å². The fourth-order valence-electron chi connectivity index (χ4n) is 5.70. The van der Waals surface area contributed by atoms with E-state index in [4.69, 9.17) is 9.15 Å². The molecule has 43 heavy (non-hydrogen) atoms. The number of nitriles is 1. The largest absolute Gasteiger partial charge is 0.490 e. The molecule has 0 unspecified atom stereocenters. The monoisotopic (exact) mass is 613 g/mol. The molecule has 3 fully saturated rings. The lowest BCUT2D eigenvalue weighted by Gasteiger charge is -2.39. The molecular weight excluding hydrogens is 580 g/mol. The summed E-state index contributed by atoms with van der Waals surface area (Å²) in [6.07, 6.45) is 0.460. The van der Waals surface area contributed by atoms with Gasteiger partial charge in [0.05, 0.1) is 6.07 Å². The van der Waals surface area contributed by atoms with E-state index in [9.17, 15) is 32.7 Å². The Kier molecular flexibility index (Phi) is 7.39. The van der Waals surface area contributed by atoms with Crippen molar-refractivity contribution in [3.8, 4) is 22.9 Å². The van der Waals surface area contributed by atoms with Crippen LogP contribution in [0.3, 0.4) is 0 Å². The van der Waals surface area contributed by atoms with Crippen molar-refractivity contribution in [2.45, 2.75) is 74.5 Å². The molecule has 2 amide bonds. The molecule has 1 aromatic heterocycles. The van der Waals surface area contributed by atoms with Gasteiger partial charge in [0.1, 0.15) is 28.5 Å². The molecule has 9 nitrogen and oxygen atoms in total. The predicted molar refractivity (Wildman–Crippen MR) is 157 cm³/mol. The summed E-state index contributed by atoms with van der Waals surface area (Å²) in [6.45, 7) is 0. The molecule has 1 saturated heterocycles. The van der Waals surface area contributed by atoms with E-state index in [1.807, 2.05) is 36.4 Å². The zero-order valence-corrected chi connectivity index (χ0v) is 24.2. The summed E-state index contributed by atoms with van der Waals surface area (Å²) in [5.74, 6) is -2.90. The number of fused-ring (bicyclic) bond motifs is 1. The highest BCUT2D eigenvalue weighted by Crippen LogP contribution is 2.45. The summed E-state index contributed by atoms with van der Waals surface area (Å²) < 4.78 is 59.5. The van der Waals surface area contributed by atoms with Crippen LogP contribution in [0.15, 0.2) is 52.9 Å². The molecule has 12 heteroatoms. The van der Waals surface area contributed by atoms with Crippen LogP contribution in [0.25, 0.3) is 22.1 Å². The first-order valence-corrected chi connectivity index (χ1v) is 16.3. The van der Waals surface area contributed by atoms with Gasteiger partial charge in [0.2, 0.25) is 11.8 Å². The van der Waals surface area contributed by atoms with E-state index in [0.29, 0.717) is 53.9 Å². The van der Waals surface area contributed by atoms with Crippen molar-refractivity contribution in [1.29, 1.82) is 5.26 Å². The number of nitrogens with zero attached hydrogens (tertiary/aromatic N) is 1. The number of halogens is 2. The number of furan rings is 1. The lowest BCUT2D eigenvalue weighted by atomic mass is 9.78. The molecule has 0 atom stereocenters. The zero-order valence-electron chi connectivity index (χ0n) is 23.4. The highest BCUT2D eigenvalue weighted by Gasteiger charge is 2.53. The topological polar surface area (TPSA) is 145 Å². The Bertz CT molecular complexity index is 1570. The second kappa shape index (κ2) is 10.8. The van der Waals surface area contributed by atoms with Crippen molar-refractivity contribution in [2.24, 2.45) is 0 Å². The van der Waals surface area contributed by atoms with Crippen LogP contribution in [-0.2, 0) is 4.79 Å². The summed E-state index contributed by atoms with van der Waals surface area (Å²) in [4.78, 5) is 26.6. The number of amides is 2. The molecule has 2 saturated carbocycles. The number of ether oxygens (including phenoxy) is 1. The number of benzene rings is 2. The first-order chi connectivity index (χ1) is 20.4. The molecule has 4 N–H and O–H groups in total. The normalized spacial score (nSPS) is 22.6. The third kappa shape index (κ3) is 6.34. The number of hydrogen-bond acceptors (Lipinski definition) is 7. The van der Waals surface area contributed by atoms with Gasteiger partial charge in [-0.25, -0.2) is 8.78 Å². The van der Waals surface area contributed by atoms with Gasteiger partial charge in [-0.05, 0) is 61.1 Å². The first-order valence-electron chi connectivity index (χ1n) is 14.4. The van der Waals surface area contributed by atoms with Gasteiger partial charge in [0.15, 0.2) is 5.76 Å². The molecule has 0 bridgehead atoms. The van der Waals surface area contributed by atoms with Crippen LogP contribution in [0.4, 0.5) is 8.78 Å². The van der Waals surface area contributed by atoms with Gasteiger partial charge >= 0.3 is 0 Å². The van der Waals surface area contributed by atoms with Crippen LogP contribution >= 0.6 is 10.6 Å². The van der Waals surface area contributed by atoms with Crippen LogP contribution in [0.2, 0.25) is 0 Å². The molecule has 1 aliphatic heterocycles. The maximum atomic E-state index is 14.0. The summed E-state index contributed by atoms with van der Waals surface area (Å²) in [5.41, 5.74) is -0.405. The van der Waals surface area contributed by atoms with Gasteiger partial charge in [-0.1, -0.05) is 24.3 Å². The van der Waals surface area contributed by atoms with Crippen LogP contribution in [-0.4, -0.2) is 55.5 Å². The summed E-state index contributed by atoms with van der Waals surface area (Å²) in [6, 6.07) is 16.6. The van der Waals surface area contributed by atoms with Crippen molar-refractivity contribution >= 4 is 33.4 Å². The molecule has 2 heterocycles. The van der Waals surface area contributed by atoms with E-state index in [2.05, 4.69) is 16.7 Å². The molecule has 6 rings (SSSR count). The smallest absolute Gasteiger partial charge is 0.287 e. The molecular formula is C31H33F2N3O6S. The third-order valence-corrected chi connectivity index (χ3v) is 10.5. The summed E-state index contributed by atoms with van der Waals surface area (Å²) in [7, 11) is -2.47. The van der Waals surface area contributed by atoms with Crippen LogP contribution in [0.5, 0.6) is 5.75 Å². The van der Waals surface area contributed by atoms with Crippen molar-refractivity contribution in [3.05, 3.63) is 54.3 Å². The Balaban J connectivity index is 1.16. The molecule has 3 aromatic rings. The fourth-order valence-corrected chi connectivity index (χ4v) is 7.19. The van der Waals surface area contributed by atoms with E-state index in [0.717, 1.165) is 11.1 Å². The van der Waals surface area contributed by atoms with Crippen LogP contribution in [0.1, 0.15) is 61.9 Å². The fraction of sp³-hybridized carbons (Fsp3) is 0.452. The minimum absolute atomic E-state index is 0.0501. The lowest BCUT2D eigenvalue weighted by Crippen LogP contribution is -2.62. The summed E-state index contributed by atoms with van der Waals surface area (Å²) >= 11 is 0. The first kappa shape index (κ1) is 29.4. The number of alkyl halides is 2. The predicted octanol–water partition coefficient (Wildman–Crippen LogP) is 6.24. The van der Waals surface area contributed by atoms with E-state index >= 15 is 0 Å². The molecule has 3 aliphatic rings. The van der Waals surface area contributed by atoms with Gasteiger partial charge in [-0.15, -0.1) is 0 Å². The minimum Gasteiger partial charge on any atom is -0.490 e. The Labute approximate surface area is 248 Å². The Hall–Kier alpha value is -3.66. The summed E-state index contributed by atoms with van der Waals surface area (Å²) in [5, 5.41) is 15.4. The molecule has 2 aliphatic carbocycles. The quantitative estimate of drug-likeness (QED) is 0.247. The molecule has 2 aromatic carbocycles. The SMILES string of the molecule is N#CC1(NC(=O)C2(NC(=O)c3cc4ccc(-c5ccc(OC6CCS(O)(O)CC6)cc5)cc4o3)CCC(F)(F)CC2)CC1. The molecule has 0 radical (unpaired) electrons. The van der Waals surface area contributed by atoms with E-state index in [-0.39, 0.29) is 24.7 Å². The number of nitrogens with one attached hydrogen (secondary N) is 2. The molecule has 228 valence electrons. The standard InChI is InChI=1S/C31H33F2N3O6S/c32-31(33)13-11-30(12-14-31,28(38)36-29(19-34)9-10-29)35-27(37)26-18-22-2-1-21(17-25(22)42-26)20-3-5-23(6-4-20)41-24-7-15-43(39,40)16-8-24/h1-6,17-18,24,39-40H,7-16H2,(H,35,37)(H,36,38). The number of rotatable bonds is 7. The maximum absolute atomic E-state index is 14.0. The van der Waals surface area contributed by atoms with Crippen LogP contribution in [0, 0.1) is 11.3 Å². The maximum Gasteiger partial charge on any atom is 0.287 e. The molecule has 0 spiro atoms. The average molecular weight is 614 g/mol. The Morgan fingerprint density at radius 2 is 1.58 bits per heavy atom. The average Bonchev–Trinajstić information content (AvgIpc) is 3.62. The highest BCUT2D eigenvalue weighted by atomic mass is 32.3. The van der Waals surface area contributed by atoms with E-state index in [1.165, 1.54) is 0 Å². The Morgan fingerprint density at radius 3 is 2.21 bits per heavy atom. The van der Waals surface area contributed by atoms with Gasteiger partial charge in [-0.3, -0.25) is 18.7 Å². The number of carbonyl (C=O) groups is 2. The van der Waals surface area contributed by atoms with Crippen LogP contribution < -0.4 is 15.4 Å².